The summed E-state index contributed by atoms with van der Waals surface area (Å²) in [6.45, 7) is 19.0. The molecule has 32 heavy (non-hydrogen) atoms. The van der Waals surface area contributed by atoms with E-state index < -0.39 is 0 Å². The zero-order valence-corrected chi connectivity index (χ0v) is 21.6. The van der Waals surface area contributed by atoms with E-state index in [1.807, 2.05) is 19.9 Å². The van der Waals surface area contributed by atoms with Gasteiger partial charge in [0.1, 0.15) is 17.1 Å². The monoisotopic (exact) mass is 438 g/mol. The number of carbonyl (C=O) groups is 1. The minimum Gasteiger partial charge on any atom is -0.487 e. The Morgan fingerprint density at radius 1 is 0.812 bits per heavy atom. The Kier molecular flexibility index (Phi) is 8.56. The SMILES string of the molecule is CCc1cc(C(C)(C)c2ccc(OC(C)(CC)CC)c(CC)c2)ccc1OC(=O)C(C)C. The first kappa shape index (κ1) is 26.0. The Morgan fingerprint density at radius 3 is 1.72 bits per heavy atom. The van der Waals surface area contributed by atoms with Gasteiger partial charge in [-0.1, -0.05) is 79.7 Å². The molecule has 0 atom stereocenters. The Hall–Kier alpha value is -2.29. The molecule has 0 aromatic heterocycles. The summed E-state index contributed by atoms with van der Waals surface area (Å²) in [5.41, 5.74) is 4.43. The quantitative estimate of drug-likeness (QED) is 0.282. The Balaban J connectivity index is 2.41. The van der Waals surface area contributed by atoms with Crippen molar-refractivity contribution >= 4 is 5.97 Å². The third kappa shape index (κ3) is 5.74. The van der Waals surface area contributed by atoms with Crippen LogP contribution in [0, 0.1) is 5.92 Å². The van der Waals surface area contributed by atoms with E-state index in [-0.39, 0.29) is 22.9 Å². The highest BCUT2D eigenvalue weighted by atomic mass is 16.5. The van der Waals surface area contributed by atoms with Gasteiger partial charge in [-0.2, -0.15) is 0 Å². The predicted octanol–water partition coefficient (Wildman–Crippen LogP) is 7.66. The van der Waals surface area contributed by atoms with E-state index in [0.29, 0.717) is 5.75 Å². The van der Waals surface area contributed by atoms with Gasteiger partial charge in [0.25, 0.3) is 0 Å². The van der Waals surface area contributed by atoms with Crippen LogP contribution in [-0.4, -0.2) is 11.6 Å². The van der Waals surface area contributed by atoms with Crippen LogP contribution in [0.15, 0.2) is 36.4 Å². The summed E-state index contributed by atoms with van der Waals surface area (Å²) in [5.74, 6) is 1.32. The van der Waals surface area contributed by atoms with Gasteiger partial charge in [-0.25, -0.2) is 0 Å². The molecule has 0 unspecified atom stereocenters. The first-order valence-corrected chi connectivity index (χ1v) is 12.2. The average Bonchev–Trinajstić information content (AvgIpc) is 2.78. The van der Waals surface area contributed by atoms with Crippen LogP contribution in [0.3, 0.4) is 0 Å². The lowest BCUT2D eigenvalue weighted by molar-refractivity contribution is -0.137. The van der Waals surface area contributed by atoms with Crippen molar-refractivity contribution in [1.29, 1.82) is 0 Å². The van der Waals surface area contributed by atoms with Crippen LogP contribution >= 0.6 is 0 Å². The molecule has 0 aliphatic rings. The van der Waals surface area contributed by atoms with Crippen LogP contribution in [0.25, 0.3) is 0 Å². The summed E-state index contributed by atoms with van der Waals surface area (Å²) in [6, 6.07) is 12.8. The molecule has 0 aliphatic heterocycles. The van der Waals surface area contributed by atoms with Crippen molar-refractivity contribution in [2.75, 3.05) is 0 Å². The van der Waals surface area contributed by atoms with E-state index in [1.165, 1.54) is 16.7 Å². The summed E-state index contributed by atoms with van der Waals surface area (Å²) < 4.78 is 12.1. The zero-order valence-electron chi connectivity index (χ0n) is 21.6. The Labute approximate surface area is 195 Å². The maximum atomic E-state index is 12.1. The van der Waals surface area contributed by atoms with Crippen LogP contribution in [0.5, 0.6) is 11.5 Å². The summed E-state index contributed by atoms with van der Waals surface area (Å²) in [6.07, 6.45) is 3.69. The van der Waals surface area contributed by atoms with Crippen LogP contribution < -0.4 is 9.47 Å². The second-order valence-electron chi connectivity index (χ2n) is 9.81. The molecular weight excluding hydrogens is 396 g/mol. The fraction of sp³-hybridized carbons (Fsp3) is 0.552. The first-order chi connectivity index (χ1) is 15.0. The summed E-state index contributed by atoms with van der Waals surface area (Å²) in [4.78, 5) is 12.1. The average molecular weight is 439 g/mol. The minimum atomic E-state index is -0.193. The van der Waals surface area contributed by atoms with Crippen molar-refractivity contribution in [3.05, 3.63) is 58.7 Å². The van der Waals surface area contributed by atoms with Gasteiger partial charge in [0, 0.05) is 5.41 Å². The smallest absolute Gasteiger partial charge is 0.313 e. The highest BCUT2D eigenvalue weighted by Gasteiger charge is 2.27. The maximum Gasteiger partial charge on any atom is 0.313 e. The van der Waals surface area contributed by atoms with E-state index >= 15 is 0 Å². The predicted molar refractivity (Wildman–Crippen MR) is 134 cm³/mol. The van der Waals surface area contributed by atoms with Crippen LogP contribution in [-0.2, 0) is 23.1 Å². The normalized spacial score (nSPS) is 12.2. The van der Waals surface area contributed by atoms with E-state index in [2.05, 4.69) is 78.8 Å². The molecule has 3 nitrogen and oxygen atoms in total. The molecule has 0 amide bonds. The Morgan fingerprint density at radius 2 is 1.28 bits per heavy atom. The summed E-state index contributed by atoms with van der Waals surface area (Å²) in [5, 5.41) is 0. The fourth-order valence-electron chi connectivity index (χ4n) is 3.74. The molecule has 0 spiro atoms. The molecule has 0 heterocycles. The fourth-order valence-corrected chi connectivity index (χ4v) is 3.74. The number of esters is 1. The van der Waals surface area contributed by atoms with Crippen molar-refractivity contribution in [3.8, 4) is 11.5 Å². The van der Waals surface area contributed by atoms with Gasteiger partial charge in [0.05, 0.1) is 5.92 Å². The van der Waals surface area contributed by atoms with Gasteiger partial charge < -0.3 is 9.47 Å². The van der Waals surface area contributed by atoms with Crippen LogP contribution in [0.4, 0.5) is 0 Å². The van der Waals surface area contributed by atoms with E-state index in [1.54, 1.807) is 0 Å². The molecule has 0 saturated heterocycles. The lowest BCUT2D eigenvalue weighted by Gasteiger charge is -2.31. The van der Waals surface area contributed by atoms with Crippen molar-refractivity contribution in [1.82, 2.24) is 0 Å². The molecule has 0 aliphatic carbocycles. The molecule has 3 heteroatoms. The van der Waals surface area contributed by atoms with E-state index in [9.17, 15) is 4.79 Å². The third-order valence-corrected chi connectivity index (χ3v) is 6.86. The van der Waals surface area contributed by atoms with Crippen molar-refractivity contribution < 1.29 is 14.3 Å². The van der Waals surface area contributed by atoms with Crippen LogP contribution in [0.2, 0.25) is 0 Å². The molecule has 2 rings (SSSR count). The number of benzene rings is 2. The number of hydrogen-bond donors (Lipinski definition) is 0. The molecular formula is C29H42O3. The number of hydrogen-bond acceptors (Lipinski definition) is 3. The second-order valence-corrected chi connectivity index (χ2v) is 9.81. The molecule has 0 saturated carbocycles. The Bertz CT molecular complexity index is 920. The number of aryl methyl sites for hydroxylation is 2. The molecule has 0 radical (unpaired) electrons. The van der Waals surface area contributed by atoms with Gasteiger partial charge in [0.15, 0.2) is 0 Å². The lowest BCUT2D eigenvalue weighted by atomic mass is 9.77. The molecule has 2 aromatic rings. The van der Waals surface area contributed by atoms with E-state index in [4.69, 9.17) is 9.47 Å². The van der Waals surface area contributed by atoms with Crippen molar-refractivity contribution in [2.45, 2.75) is 99.0 Å². The lowest BCUT2D eigenvalue weighted by Crippen LogP contribution is -2.31. The maximum absolute atomic E-state index is 12.1. The molecule has 0 fully saturated rings. The largest absolute Gasteiger partial charge is 0.487 e. The van der Waals surface area contributed by atoms with E-state index in [0.717, 1.165) is 37.0 Å². The zero-order chi connectivity index (χ0) is 24.1. The number of rotatable bonds is 10. The molecule has 176 valence electrons. The van der Waals surface area contributed by atoms with Crippen molar-refractivity contribution in [3.63, 3.8) is 0 Å². The summed E-state index contributed by atoms with van der Waals surface area (Å²) >= 11 is 0. The topological polar surface area (TPSA) is 35.5 Å². The summed E-state index contributed by atoms with van der Waals surface area (Å²) in [7, 11) is 0. The van der Waals surface area contributed by atoms with Crippen molar-refractivity contribution in [2.24, 2.45) is 5.92 Å². The van der Waals surface area contributed by atoms with Gasteiger partial charge in [0.2, 0.25) is 0 Å². The highest BCUT2D eigenvalue weighted by Crippen LogP contribution is 2.37. The molecule has 2 aromatic carbocycles. The molecule has 0 bridgehead atoms. The molecule has 0 N–H and O–H groups in total. The first-order valence-electron chi connectivity index (χ1n) is 12.2. The number of ether oxygens (including phenoxy) is 2. The van der Waals surface area contributed by atoms with Gasteiger partial charge in [-0.05, 0) is 67.0 Å². The highest BCUT2D eigenvalue weighted by molar-refractivity contribution is 5.74. The minimum absolute atomic E-state index is 0.139. The van der Waals surface area contributed by atoms with Gasteiger partial charge in [-0.15, -0.1) is 0 Å². The van der Waals surface area contributed by atoms with Crippen LogP contribution in [0.1, 0.15) is 97.4 Å². The van der Waals surface area contributed by atoms with Gasteiger partial charge in [-0.3, -0.25) is 4.79 Å². The van der Waals surface area contributed by atoms with Gasteiger partial charge >= 0.3 is 5.97 Å². The standard InChI is InChI=1S/C29H42O3/c1-10-21-18-23(14-16-25(21)31-27(30)20(5)6)28(7,8)24-15-17-26(22(11-2)19-24)32-29(9,12-3)13-4/h14-20H,10-13H2,1-9H3. The number of carbonyl (C=O) groups excluding carboxylic acids is 1. The second kappa shape index (κ2) is 10.6. The third-order valence-electron chi connectivity index (χ3n) is 6.86.